The summed E-state index contributed by atoms with van der Waals surface area (Å²) in [5.74, 6) is -0.0469. The molecule has 0 radical (unpaired) electrons. The molecular weight excluding hydrogens is 206 g/mol. The second-order valence-corrected chi connectivity index (χ2v) is 4.61. The molecule has 1 aliphatic carbocycles. The molecule has 4 nitrogen and oxygen atoms in total. The van der Waals surface area contributed by atoms with Gasteiger partial charge >= 0.3 is 5.97 Å². The second kappa shape index (κ2) is 7.63. The Balaban J connectivity index is 2.02. The minimum absolute atomic E-state index is 0.0928. The summed E-state index contributed by atoms with van der Waals surface area (Å²) in [6, 6.07) is 0. The SMILES string of the molecule is COCCCNCC1CCC(C(=O)O)CC1. The molecule has 0 aromatic carbocycles. The van der Waals surface area contributed by atoms with Gasteiger partial charge in [0.05, 0.1) is 5.92 Å². The third-order valence-electron chi connectivity index (χ3n) is 3.33. The zero-order valence-electron chi connectivity index (χ0n) is 10.1. The number of rotatable bonds is 7. The van der Waals surface area contributed by atoms with Crippen LogP contribution in [0.1, 0.15) is 32.1 Å². The smallest absolute Gasteiger partial charge is 0.306 e. The van der Waals surface area contributed by atoms with E-state index in [0.717, 1.165) is 51.8 Å². The molecule has 94 valence electrons. The van der Waals surface area contributed by atoms with Gasteiger partial charge in [-0.2, -0.15) is 0 Å². The van der Waals surface area contributed by atoms with Crippen molar-refractivity contribution in [2.45, 2.75) is 32.1 Å². The summed E-state index contributed by atoms with van der Waals surface area (Å²) in [7, 11) is 1.72. The van der Waals surface area contributed by atoms with Crippen LogP contribution in [0, 0.1) is 11.8 Å². The minimum Gasteiger partial charge on any atom is -0.481 e. The quantitative estimate of drug-likeness (QED) is 0.650. The maximum absolute atomic E-state index is 10.8. The van der Waals surface area contributed by atoms with Crippen molar-refractivity contribution in [3.05, 3.63) is 0 Å². The summed E-state index contributed by atoms with van der Waals surface area (Å²) in [5, 5.41) is 12.3. The maximum atomic E-state index is 10.8. The largest absolute Gasteiger partial charge is 0.481 e. The molecule has 0 aliphatic heterocycles. The van der Waals surface area contributed by atoms with Crippen molar-refractivity contribution in [1.82, 2.24) is 5.32 Å². The van der Waals surface area contributed by atoms with Crippen LogP contribution in [0.2, 0.25) is 0 Å². The van der Waals surface area contributed by atoms with E-state index in [4.69, 9.17) is 9.84 Å². The normalized spacial score (nSPS) is 25.6. The fraction of sp³-hybridized carbons (Fsp3) is 0.917. The number of ether oxygens (including phenoxy) is 1. The number of carboxylic acids is 1. The van der Waals surface area contributed by atoms with Gasteiger partial charge in [-0.05, 0) is 51.1 Å². The lowest BCUT2D eigenvalue weighted by atomic mass is 9.82. The first kappa shape index (κ1) is 13.5. The molecule has 2 N–H and O–H groups in total. The highest BCUT2D eigenvalue weighted by Gasteiger charge is 2.25. The number of hydrogen-bond donors (Lipinski definition) is 2. The molecule has 0 amide bonds. The first-order valence-electron chi connectivity index (χ1n) is 6.16. The van der Waals surface area contributed by atoms with Crippen LogP contribution in [0.3, 0.4) is 0 Å². The zero-order valence-corrected chi connectivity index (χ0v) is 10.1. The first-order chi connectivity index (χ1) is 7.74. The lowest BCUT2D eigenvalue weighted by molar-refractivity contribution is -0.143. The minimum atomic E-state index is -0.619. The number of nitrogens with one attached hydrogen (secondary N) is 1. The van der Waals surface area contributed by atoms with E-state index < -0.39 is 5.97 Å². The Labute approximate surface area is 97.4 Å². The third kappa shape index (κ3) is 4.94. The van der Waals surface area contributed by atoms with Gasteiger partial charge in [-0.15, -0.1) is 0 Å². The van der Waals surface area contributed by atoms with Crippen LogP contribution in [0.5, 0.6) is 0 Å². The van der Waals surface area contributed by atoms with Crippen LogP contribution in [-0.4, -0.2) is 37.9 Å². The molecular formula is C12H23NO3. The molecule has 0 spiro atoms. The van der Waals surface area contributed by atoms with Crippen molar-refractivity contribution in [3.8, 4) is 0 Å². The average Bonchev–Trinajstić information content (AvgIpc) is 2.29. The highest BCUT2D eigenvalue weighted by atomic mass is 16.5. The first-order valence-corrected chi connectivity index (χ1v) is 6.16. The van der Waals surface area contributed by atoms with Crippen molar-refractivity contribution in [3.63, 3.8) is 0 Å². The fourth-order valence-electron chi connectivity index (χ4n) is 2.26. The van der Waals surface area contributed by atoms with Gasteiger partial charge < -0.3 is 15.2 Å². The predicted molar refractivity (Wildman–Crippen MR) is 62.4 cm³/mol. The number of carboxylic acid groups (broad SMARTS) is 1. The molecule has 1 saturated carbocycles. The van der Waals surface area contributed by atoms with E-state index in [1.165, 1.54) is 0 Å². The lowest BCUT2D eigenvalue weighted by Gasteiger charge is -2.26. The molecule has 4 heteroatoms. The summed E-state index contributed by atoms with van der Waals surface area (Å²) in [6.45, 7) is 2.82. The van der Waals surface area contributed by atoms with E-state index in [1.54, 1.807) is 7.11 Å². The van der Waals surface area contributed by atoms with E-state index >= 15 is 0 Å². The molecule has 0 atom stereocenters. The van der Waals surface area contributed by atoms with Crippen molar-refractivity contribution in [2.24, 2.45) is 11.8 Å². The Morgan fingerprint density at radius 3 is 2.62 bits per heavy atom. The number of hydrogen-bond acceptors (Lipinski definition) is 3. The average molecular weight is 229 g/mol. The van der Waals surface area contributed by atoms with Crippen molar-refractivity contribution < 1.29 is 14.6 Å². The van der Waals surface area contributed by atoms with Gasteiger partial charge in [0.1, 0.15) is 0 Å². The second-order valence-electron chi connectivity index (χ2n) is 4.61. The van der Waals surface area contributed by atoms with Crippen LogP contribution in [0.4, 0.5) is 0 Å². The van der Waals surface area contributed by atoms with Crippen LogP contribution in [0.25, 0.3) is 0 Å². The lowest BCUT2D eigenvalue weighted by Crippen LogP contribution is -2.29. The Hall–Kier alpha value is -0.610. The van der Waals surface area contributed by atoms with Gasteiger partial charge in [-0.3, -0.25) is 4.79 Å². The Kier molecular flexibility index (Phi) is 6.42. The Morgan fingerprint density at radius 2 is 2.06 bits per heavy atom. The van der Waals surface area contributed by atoms with Crippen molar-refractivity contribution in [2.75, 3.05) is 26.8 Å². The molecule has 0 bridgehead atoms. The highest BCUT2D eigenvalue weighted by molar-refractivity contribution is 5.69. The van der Waals surface area contributed by atoms with Gasteiger partial charge in [0, 0.05) is 13.7 Å². The third-order valence-corrected chi connectivity index (χ3v) is 3.33. The van der Waals surface area contributed by atoms with Crippen molar-refractivity contribution in [1.29, 1.82) is 0 Å². The molecule has 1 aliphatic rings. The van der Waals surface area contributed by atoms with Crippen LogP contribution in [0.15, 0.2) is 0 Å². The number of carbonyl (C=O) groups is 1. The van der Waals surface area contributed by atoms with Gasteiger partial charge in [-0.25, -0.2) is 0 Å². The number of aliphatic carboxylic acids is 1. The van der Waals surface area contributed by atoms with Gasteiger partial charge in [0.15, 0.2) is 0 Å². The summed E-state index contributed by atoms with van der Waals surface area (Å²) >= 11 is 0. The van der Waals surface area contributed by atoms with Gasteiger partial charge in [0.2, 0.25) is 0 Å². The van der Waals surface area contributed by atoms with E-state index in [2.05, 4.69) is 5.32 Å². The molecule has 1 fully saturated rings. The van der Waals surface area contributed by atoms with Gasteiger partial charge in [-0.1, -0.05) is 0 Å². The van der Waals surface area contributed by atoms with Crippen LogP contribution in [-0.2, 0) is 9.53 Å². The molecule has 16 heavy (non-hydrogen) atoms. The molecule has 0 aromatic rings. The molecule has 0 aromatic heterocycles. The molecule has 1 rings (SSSR count). The summed E-state index contributed by atoms with van der Waals surface area (Å²) in [6.07, 6.45) is 4.84. The maximum Gasteiger partial charge on any atom is 0.306 e. The predicted octanol–water partition coefficient (Wildman–Crippen LogP) is 1.50. The highest BCUT2D eigenvalue weighted by Crippen LogP contribution is 2.28. The van der Waals surface area contributed by atoms with E-state index in [1.807, 2.05) is 0 Å². The van der Waals surface area contributed by atoms with Crippen molar-refractivity contribution >= 4 is 5.97 Å². The molecule has 0 unspecified atom stereocenters. The Morgan fingerprint density at radius 1 is 1.38 bits per heavy atom. The van der Waals surface area contributed by atoms with E-state index in [0.29, 0.717) is 5.92 Å². The fourth-order valence-corrected chi connectivity index (χ4v) is 2.26. The topological polar surface area (TPSA) is 58.6 Å². The Bertz CT molecular complexity index is 200. The van der Waals surface area contributed by atoms with Gasteiger partial charge in [0.25, 0.3) is 0 Å². The zero-order chi connectivity index (χ0) is 11.8. The summed E-state index contributed by atoms with van der Waals surface area (Å²) < 4.78 is 4.97. The summed E-state index contributed by atoms with van der Waals surface area (Å²) in [4.78, 5) is 10.8. The standard InChI is InChI=1S/C12H23NO3/c1-16-8-2-7-13-9-10-3-5-11(6-4-10)12(14)15/h10-11,13H,2-9H2,1H3,(H,14,15). The van der Waals surface area contributed by atoms with E-state index in [-0.39, 0.29) is 5.92 Å². The summed E-state index contributed by atoms with van der Waals surface area (Å²) in [5.41, 5.74) is 0. The van der Waals surface area contributed by atoms with Crippen LogP contribution >= 0.6 is 0 Å². The van der Waals surface area contributed by atoms with E-state index in [9.17, 15) is 4.79 Å². The van der Waals surface area contributed by atoms with Crippen LogP contribution < -0.4 is 5.32 Å². The monoisotopic (exact) mass is 229 g/mol. The molecule has 0 saturated heterocycles. The molecule has 0 heterocycles. The number of methoxy groups -OCH3 is 1.